The van der Waals surface area contributed by atoms with Gasteiger partial charge in [0.1, 0.15) is 5.60 Å². The summed E-state index contributed by atoms with van der Waals surface area (Å²) in [6.45, 7) is -0.558. The highest BCUT2D eigenvalue weighted by Crippen LogP contribution is 2.53. The molecule has 3 aromatic rings. The van der Waals surface area contributed by atoms with Gasteiger partial charge in [0.05, 0.1) is 51.9 Å². The molecule has 1 N–H and O–H groups in total. The molecule has 2 atom stereocenters. The standard InChI is InChI=1S/C31H32Cl2N2O10S/c1-42-25-12-10-20(18-26(25)43-2)46(40,41)35-24-11-9-19(32)17-22(24)31(39,21-7-5-6-8-23(21)33)29(35)30(38)34(15-13-27(36)44-3)16-14-28(37)45-4/h5-12,17-18,29,39H,13-16H2,1-4H3. The van der Waals surface area contributed by atoms with Gasteiger partial charge in [0.15, 0.2) is 17.5 Å². The third-order valence-corrected chi connectivity index (χ3v) is 9.95. The van der Waals surface area contributed by atoms with Gasteiger partial charge in [0.25, 0.3) is 10.0 Å². The van der Waals surface area contributed by atoms with Gasteiger partial charge >= 0.3 is 11.9 Å². The molecule has 1 heterocycles. The van der Waals surface area contributed by atoms with Crippen molar-refractivity contribution in [3.05, 3.63) is 81.8 Å². The fourth-order valence-electron chi connectivity index (χ4n) is 5.32. The van der Waals surface area contributed by atoms with Crippen molar-refractivity contribution >= 4 is 56.8 Å². The smallest absolute Gasteiger partial charge is 0.307 e. The molecule has 246 valence electrons. The second-order valence-electron chi connectivity index (χ2n) is 10.1. The van der Waals surface area contributed by atoms with Crippen molar-refractivity contribution in [3.63, 3.8) is 0 Å². The van der Waals surface area contributed by atoms with Gasteiger partial charge in [-0.15, -0.1) is 0 Å². The SMILES string of the molecule is COC(=O)CCN(CCC(=O)OC)C(=O)C1N(S(=O)(=O)c2ccc(OC)c(OC)c2)c2ccc(Cl)cc2C1(O)c1ccccc1Cl. The molecule has 0 saturated carbocycles. The first-order valence-electron chi connectivity index (χ1n) is 13.8. The Labute approximate surface area is 276 Å². The van der Waals surface area contributed by atoms with Crippen LogP contribution in [0.1, 0.15) is 24.0 Å². The van der Waals surface area contributed by atoms with Crippen LogP contribution in [-0.2, 0) is 39.5 Å². The quantitative estimate of drug-likeness (QED) is 0.278. The zero-order valence-electron chi connectivity index (χ0n) is 25.4. The number of carbonyl (C=O) groups excluding carboxylic acids is 3. The number of fused-ring (bicyclic) bond motifs is 1. The van der Waals surface area contributed by atoms with Gasteiger partial charge in [0.2, 0.25) is 5.91 Å². The average molecular weight is 696 g/mol. The minimum Gasteiger partial charge on any atom is -0.493 e. The molecule has 1 aliphatic heterocycles. The third kappa shape index (κ3) is 6.45. The van der Waals surface area contributed by atoms with Gasteiger partial charge in [-0.1, -0.05) is 41.4 Å². The molecule has 0 aromatic heterocycles. The van der Waals surface area contributed by atoms with Crippen LogP contribution in [0, 0.1) is 0 Å². The van der Waals surface area contributed by atoms with Crippen LogP contribution in [0.25, 0.3) is 0 Å². The van der Waals surface area contributed by atoms with Crippen molar-refractivity contribution in [3.8, 4) is 11.5 Å². The van der Waals surface area contributed by atoms with Crippen LogP contribution in [0.4, 0.5) is 5.69 Å². The third-order valence-electron chi connectivity index (χ3n) is 7.61. The molecule has 2 unspecified atom stereocenters. The molecule has 1 amide bonds. The van der Waals surface area contributed by atoms with Gasteiger partial charge in [-0.05, 0) is 36.4 Å². The summed E-state index contributed by atoms with van der Waals surface area (Å²) in [7, 11) is 0.385. The van der Waals surface area contributed by atoms with Gasteiger partial charge in [0, 0.05) is 40.3 Å². The van der Waals surface area contributed by atoms with Crippen LogP contribution >= 0.6 is 23.2 Å². The predicted octanol–water partition coefficient (Wildman–Crippen LogP) is 3.78. The summed E-state index contributed by atoms with van der Waals surface area (Å²) in [4.78, 5) is 39.8. The summed E-state index contributed by atoms with van der Waals surface area (Å²) in [6, 6.07) is 12.2. The van der Waals surface area contributed by atoms with E-state index in [1.54, 1.807) is 12.1 Å². The number of esters is 2. The highest BCUT2D eigenvalue weighted by molar-refractivity contribution is 7.93. The number of ether oxygens (including phenoxy) is 4. The lowest BCUT2D eigenvalue weighted by atomic mass is 9.82. The van der Waals surface area contributed by atoms with Gasteiger partial charge < -0.3 is 29.0 Å². The van der Waals surface area contributed by atoms with E-state index in [1.165, 1.54) is 77.0 Å². The molecule has 0 radical (unpaired) electrons. The van der Waals surface area contributed by atoms with Gasteiger partial charge in [-0.2, -0.15) is 0 Å². The minimum atomic E-state index is -4.69. The maximum Gasteiger partial charge on any atom is 0.307 e. The molecule has 1 aliphatic rings. The Bertz CT molecular complexity index is 1730. The van der Waals surface area contributed by atoms with Crippen molar-refractivity contribution in [1.82, 2.24) is 4.90 Å². The van der Waals surface area contributed by atoms with Gasteiger partial charge in [-0.3, -0.25) is 14.4 Å². The topological polar surface area (TPSA) is 149 Å². The Morgan fingerprint density at radius 3 is 2.02 bits per heavy atom. The van der Waals surface area contributed by atoms with Crippen molar-refractivity contribution in [2.24, 2.45) is 0 Å². The summed E-state index contributed by atoms with van der Waals surface area (Å²) < 4.78 is 50.2. The zero-order valence-corrected chi connectivity index (χ0v) is 27.7. The molecule has 0 aliphatic carbocycles. The number of carbonyl (C=O) groups is 3. The Hall–Kier alpha value is -4.04. The second kappa shape index (κ2) is 14.2. The van der Waals surface area contributed by atoms with E-state index in [1.807, 2.05) is 0 Å². The van der Waals surface area contributed by atoms with Crippen LogP contribution in [-0.4, -0.2) is 83.8 Å². The van der Waals surface area contributed by atoms with Crippen molar-refractivity contribution in [1.29, 1.82) is 0 Å². The van der Waals surface area contributed by atoms with E-state index in [0.29, 0.717) is 0 Å². The lowest BCUT2D eigenvalue weighted by Crippen LogP contribution is -2.58. The molecule has 3 aromatic carbocycles. The lowest BCUT2D eigenvalue weighted by molar-refractivity contribution is -0.143. The van der Waals surface area contributed by atoms with E-state index in [4.69, 9.17) is 42.1 Å². The van der Waals surface area contributed by atoms with Crippen LogP contribution < -0.4 is 13.8 Å². The molecule has 0 fully saturated rings. The molecule has 15 heteroatoms. The van der Waals surface area contributed by atoms with Crippen molar-refractivity contribution in [2.75, 3.05) is 45.8 Å². The Kier molecular flexibility index (Phi) is 10.7. The fraction of sp³-hybridized carbons (Fsp3) is 0.323. The van der Waals surface area contributed by atoms with Crippen molar-refractivity contribution < 1.29 is 46.9 Å². The van der Waals surface area contributed by atoms with Gasteiger partial charge in [-0.25, -0.2) is 12.7 Å². The normalized spacial score (nSPS) is 17.2. The van der Waals surface area contributed by atoms with E-state index in [2.05, 4.69) is 0 Å². The summed E-state index contributed by atoms with van der Waals surface area (Å²) in [6.07, 6.45) is -0.580. The first-order chi connectivity index (χ1) is 21.8. The number of sulfonamides is 1. The van der Waals surface area contributed by atoms with Crippen LogP contribution in [0.5, 0.6) is 11.5 Å². The number of benzene rings is 3. The maximum atomic E-state index is 14.7. The number of methoxy groups -OCH3 is 4. The lowest BCUT2D eigenvalue weighted by Gasteiger charge is -2.37. The first-order valence-corrected chi connectivity index (χ1v) is 16.0. The number of halogens is 2. The molecule has 0 saturated heterocycles. The molecular weight excluding hydrogens is 663 g/mol. The largest absolute Gasteiger partial charge is 0.493 e. The fourth-order valence-corrected chi connectivity index (χ4v) is 7.44. The molecule has 0 spiro atoms. The minimum absolute atomic E-state index is 0.0172. The number of aliphatic hydroxyl groups is 1. The highest BCUT2D eigenvalue weighted by atomic mass is 35.5. The molecule has 12 nitrogen and oxygen atoms in total. The predicted molar refractivity (Wildman–Crippen MR) is 169 cm³/mol. The summed E-state index contributed by atoms with van der Waals surface area (Å²) in [5.74, 6) is -1.90. The maximum absolute atomic E-state index is 14.7. The average Bonchev–Trinajstić information content (AvgIpc) is 3.32. The number of nitrogens with zero attached hydrogens (tertiary/aromatic N) is 2. The number of hydrogen-bond donors (Lipinski definition) is 1. The van der Waals surface area contributed by atoms with E-state index in [0.717, 1.165) is 9.21 Å². The van der Waals surface area contributed by atoms with Crippen LogP contribution in [0.2, 0.25) is 10.0 Å². The summed E-state index contributed by atoms with van der Waals surface area (Å²) >= 11 is 13.0. The zero-order chi connectivity index (χ0) is 33.8. The van der Waals surface area contributed by atoms with E-state index < -0.39 is 39.5 Å². The van der Waals surface area contributed by atoms with Crippen LogP contribution in [0.3, 0.4) is 0 Å². The molecule has 4 rings (SSSR count). The summed E-state index contributed by atoms with van der Waals surface area (Å²) in [5, 5.41) is 13.0. The van der Waals surface area contributed by atoms with E-state index in [9.17, 15) is 27.9 Å². The Balaban J connectivity index is 2.01. The van der Waals surface area contributed by atoms with E-state index in [-0.39, 0.29) is 69.2 Å². The number of rotatable bonds is 12. The monoisotopic (exact) mass is 694 g/mol. The Morgan fingerprint density at radius 1 is 0.848 bits per heavy atom. The molecule has 0 bridgehead atoms. The number of amides is 1. The summed E-state index contributed by atoms with van der Waals surface area (Å²) in [5.41, 5.74) is -2.46. The van der Waals surface area contributed by atoms with Crippen LogP contribution in [0.15, 0.2) is 65.6 Å². The first kappa shape index (κ1) is 34.8. The number of hydrogen-bond acceptors (Lipinski definition) is 10. The molecular formula is C31H32Cl2N2O10S. The number of anilines is 1. The molecule has 46 heavy (non-hydrogen) atoms. The Morgan fingerprint density at radius 2 is 1.46 bits per heavy atom. The van der Waals surface area contributed by atoms with E-state index >= 15 is 0 Å². The van der Waals surface area contributed by atoms with Crippen molar-refractivity contribution in [2.45, 2.75) is 29.4 Å². The second-order valence-corrected chi connectivity index (χ2v) is 12.8. The highest BCUT2D eigenvalue weighted by Gasteiger charge is 2.60.